The van der Waals surface area contributed by atoms with Gasteiger partial charge in [0.2, 0.25) is 0 Å². The predicted molar refractivity (Wildman–Crippen MR) is 72.7 cm³/mol. The lowest BCUT2D eigenvalue weighted by atomic mass is 9.99. The molecule has 0 aliphatic rings. The predicted octanol–water partition coefficient (Wildman–Crippen LogP) is 1.63. The summed E-state index contributed by atoms with van der Waals surface area (Å²) < 4.78 is 0. The van der Waals surface area contributed by atoms with Gasteiger partial charge in [-0.1, -0.05) is 27.2 Å². The van der Waals surface area contributed by atoms with E-state index in [0.717, 1.165) is 19.6 Å². The standard InChI is InChI=1S/C13H31N3/c1-6-12(3)13(14)11-16(7-2)10-8-9-15(4)5/h12-13H,6-11,14H2,1-5H3. The molecule has 0 saturated heterocycles. The fourth-order valence-corrected chi connectivity index (χ4v) is 1.77. The summed E-state index contributed by atoms with van der Waals surface area (Å²) in [4.78, 5) is 4.71. The smallest absolute Gasteiger partial charge is 0.0193 e. The topological polar surface area (TPSA) is 32.5 Å². The maximum atomic E-state index is 6.18. The summed E-state index contributed by atoms with van der Waals surface area (Å²) in [5, 5.41) is 0. The molecule has 98 valence electrons. The molecule has 0 amide bonds. The first-order valence-electron chi connectivity index (χ1n) is 6.63. The number of rotatable bonds is 9. The van der Waals surface area contributed by atoms with Crippen molar-refractivity contribution in [2.45, 2.75) is 39.7 Å². The quantitative estimate of drug-likeness (QED) is 0.652. The third-order valence-electron chi connectivity index (χ3n) is 3.37. The van der Waals surface area contributed by atoms with Crippen molar-refractivity contribution in [1.82, 2.24) is 9.80 Å². The Hall–Kier alpha value is -0.120. The van der Waals surface area contributed by atoms with Gasteiger partial charge < -0.3 is 15.5 Å². The fraction of sp³-hybridized carbons (Fsp3) is 1.00. The summed E-state index contributed by atoms with van der Waals surface area (Å²) in [7, 11) is 4.25. The molecule has 0 saturated carbocycles. The van der Waals surface area contributed by atoms with Crippen LogP contribution >= 0.6 is 0 Å². The van der Waals surface area contributed by atoms with Crippen LogP contribution in [0.15, 0.2) is 0 Å². The highest BCUT2D eigenvalue weighted by molar-refractivity contribution is 4.72. The normalized spacial score (nSPS) is 15.8. The van der Waals surface area contributed by atoms with E-state index in [1.165, 1.54) is 19.4 Å². The Kier molecular flexibility index (Phi) is 8.90. The molecule has 0 aromatic carbocycles. The minimum Gasteiger partial charge on any atom is -0.326 e. The highest BCUT2D eigenvalue weighted by Crippen LogP contribution is 2.07. The van der Waals surface area contributed by atoms with Crippen molar-refractivity contribution in [3.05, 3.63) is 0 Å². The van der Waals surface area contributed by atoms with Gasteiger partial charge in [-0.05, 0) is 46.1 Å². The van der Waals surface area contributed by atoms with Gasteiger partial charge in [0.25, 0.3) is 0 Å². The third-order valence-corrected chi connectivity index (χ3v) is 3.37. The van der Waals surface area contributed by atoms with Crippen LogP contribution in [0.25, 0.3) is 0 Å². The monoisotopic (exact) mass is 229 g/mol. The van der Waals surface area contributed by atoms with Gasteiger partial charge in [-0.25, -0.2) is 0 Å². The van der Waals surface area contributed by atoms with Gasteiger partial charge in [0.15, 0.2) is 0 Å². The van der Waals surface area contributed by atoms with Crippen molar-refractivity contribution in [3.8, 4) is 0 Å². The Balaban J connectivity index is 3.81. The SMILES string of the molecule is CCC(C)C(N)CN(CC)CCCN(C)C. The number of hydrogen-bond donors (Lipinski definition) is 1. The zero-order valence-corrected chi connectivity index (χ0v) is 11.9. The van der Waals surface area contributed by atoms with Gasteiger partial charge in [-0.2, -0.15) is 0 Å². The van der Waals surface area contributed by atoms with Crippen LogP contribution in [-0.4, -0.2) is 56.1 Å². The van der Waals surface area contributed by atoms with Crippen LogP contribution in [0.2, 0.25) is 0 Å². The zero-order chi connectivity index (χ0) is 12.6. The molecule has 16 heavy (non-hydrogen) atoms. The second-order valence-corrected chi connectivity index (χ2v) is 5.10. The first-order chi connectivity index (χ1) is 7.51. The van der Waals surface area contributed by atoms with Gasteiger partial charge in [-0.3, -0.25) is 0 Å². The summed E-state index contributed by atoms with van der Waals surface area (Å²) in [5.74, 6) is 0.628. The molecule has 2 N–H and O–H groups in total. The average molecular weight is 229 g/mol. The molecule has 2 atom stereocenters. The van der Waals surface area contributed by atoms with Crippen LogP contribution in [0.1, 0.15) is 33.6 Å². The summed E-state index contributed by atoms with van der Waals surface area (Å²) in [6.07, 6.45) is 2.41. The Morgan fingerprint density at radius 3 is 2.19 bits per heavy atom. The Morgan fingerprint density at radius 1 is 1.12 bits per heavy atom. The maximum absolute atomic E-state index is 6.18. The second kappa shape index (κ2) is 8.97. The van der Waals surface area contributed by atoms with E-state index in [2.05, 4.69) is 44.7 Å². The Bertz CT molecular complexity index is 159. The van der Waals surface area contributed by atoms with Crippen LogP contribution in [-0.2, 0) is 0 Å². The van der Waals surface area contributed by atoms with Crippen LogP contribution in [0, 0.1) is 5.92 Å². The van der Waals surface area contributed by atoms with Gasteiger partial charge >= 0.3 is 0 Å². The number of hydrogen-bond acceptors (Lipinski definition) is 3. The molecule has 0 aliphatic carbocycles. The van der Waals surface area contributed by atoms with Crippen molar-refractivity contribution in [3.63, 3.8) is 0 Å². The summed E-state index contributed by atoms with van der Waals surface area (Å²) in [6, 6.07) is 0.323. The molecule has 0 heterocycles. The van der Waals surface area contributed by atoms with Gasteiger partial charge in [0.05, 0.1) is 0 Å². The molecule has 3 nitrogen and oxygen atoms in total. The van der Waals surface area contributed by atoms with Crippen LogP contribution in [0.3, 0.4) is 0 Å². The summed E-state index contributed by atoms with van der Waals surface area (Å²) >= 11 is 0. The summed E-state index contributed by atoms with van der Waals surface area (Å²) in [6.45, 7) is 11.2. The van der Waals surface area contributed by atoms with E-state index in [9.17, 15) is 0 Å². The third kappa shape index (κ3) is 7.20. The van der Waals surface area contributed by atoms with E-state index in [0.29, 0.717) is 12.0 Å². The lowest BCUT2D eigenvalue weighted by Gasteiger charge is -2.27. The highest BCUT2D eigenvalue weighted by atomic mass is 15.1. The lowest BCUT2D eigenvalue weighted by Crippen LogP contribution is -2.42. The van der Waals surface area contributed by atoms with Crippen molar-refractivity contribution in [2.75, 3.05) is 40.3 Å². The Labute approximate surface area is 102 Å². The molecule has 0 aromatic heterocycles. The van der Waals surface area contributed by atoms with E-state index in [-0.39, 0.29) is 0 Å². The molecule has 0 fully saturated rings. The Morgan fingerprint density at radius 2 is 1.75 bits per heavy atom. The van der Waals surface area contributed by atoms with E-state index in [4.69, 9.17) is 5.73 Å². The minimum atomic E-state index is 0.323. The van der Waals surface area contributed by atoms with Crippen LogP contribution in [0.5, 0.6) is 0 Å². The first-order valence-corrected chi connectivity index (χ1v) is 6.63. The minimum absolute atomic E-state index is 0.323. The molecular weight excluding hydrogens is 198 g/mol. The molecule has 0 rings (SSSR count). The average Bonchev–Trinajstić information content (AvgIpc) is 2.25. The van der Waals surface area contributed by atoms with Gasteiger partial charge in [-0.15, -0.1) is 0 Å². The molecule has 0 bridgehead atoms. The highest BCUT2D eigenvalue weighted by Gasteiger charge is 2.14. The fourth-order valence-electron chi connectivity index (χ4n) is 1.77. The largest absolute Gasteiger partial charge is 0.326 e. The maximum Gasteiger partial charge on any atom is 0.0193 e. The number of nitrogens with zero attached hydrogens (tertiary/aromatic N) is 2. The molecule has 0 spiro atoms. The number of nitrogens with two attached hydrogens (primary N) is 1. The molecule has 0 aromatic rings. The van der Waals surface area contributed by atoms with Crippen molar-refractivity contribution in [2.24, 2.45) is 11.7 Å². The van der Waals surface area contributed by atoms with Crippen molar-refractivity contribution < 1.29 is 0 Å². The molecule has 3 heteroatoms. The molecule has 0 aliphatic heterocycles. The zero-order valence-electron chi connectivity index (χ0n) is 11.9. The van der Waals surface area contributed by atoms with E-state index < -0.39 is 0 Å². The van der Waals surface area contributed by atoms with E-state index in [1.54, 1.807) is 0 Å². The molecular formula is C13H31N3. The van der Waals surface area contributed by atoms with Crippen molar-refractivity contribution >= 4 is 0 Å². The lowest BCUT2D eigenvalue weighted by molar-refractivity contribution is 0.230. The van der Waals surface area contributed by atoms with Crippen LogP contribution < -0.4 is 5.73 Å². The first kappa shape index (κ1) is 15.9. The van der Waals surface area contributed by atoms with Gasteiger partial charge in [0.1, 0.15) is 0 Å². The van der Waals surface area contributed by atoms with Crippen molar-refractivity contribution in [1.29, 1.82) is 0 Å². The number of likely N-dealkylation sites (N-methyl/N-ethyl adjacent to an activating group) is 1. The van der Waals surface area contributed by atoms with Gasteiger partial charge in [0, 0.05) is 12.6 Å². The van der Waals surface area contributed by atoms with E-state index in [1.807, 2.05) is 0 Å². The molecule has 0 radical (unpaired) electrons. The van der Waals surface area contributed by atoms with Crippen LogP contribution in [0.4, 0.5) is 0 Å². The second-order valence-electron chi connectivity index (χ2n) is 5.10. The molecule has 2 unspecified atom stereocenters. The van der Waals surface area contributed by atoms with E-state index >= 15 is 0 Å². The summed E-state index contributed by atoms with van der Waals surface area (Å²) in [5.41, 5.74) is 6.18.